The molecule has 0 amide bonds. The van der Waals surface area contributed by atoms with Crippen molar-refractivity contribution in [3.63, 3.8) is 0 Å². The lowest BCUT2D eigenvalue weighted by atomic mass is 10.2. The summed E-state index contributed by atoms with van der Waals surface area (Å²) >= 11 is 1.18. The van der Waals surface area contributed by atoms with Crippen LogP contribution in [0.5, 0.6) is 0 Å². The summed E-state index contributed by atoms with van der Waals surface area (Å²) in [5.74, 6) is 0.851. The summed E-state index contributed by atoms with van der Waals surface area (Å²) in [4.78, 5) is 0. The Hall–Kier alpha value is 0.270. The lowest BCUT2D eigenvalue weighted by Gasteiger charge is -2.24. The molecule has 1 radical (unpaired) electrons. The molecule has 0 aliphatic carbocycles. The van der Waals surface area contributed by atoms with Gasteiger partial charge in [-0.2, -0.15) is 0 Å². The van der Waals surface area contributed by atoms with Gasteiger partial charge in [-0.1, -0.05) is 11.8 Å². The molecule has 0 spiro atoms. The zero-order valence-corrected chi connectivity index (χ0v) is 5.32. The maximum atomic E-state index is 8.84. The number of aliphatic hydroxyl groups is 2. The average molecular weight is 133 g/mol. The van der Waals surface area contributed by atoms with E-state index in [4.69, 9.17) is 10.2 Å². The van der Waals surface area contributed by atoms with Crippen molar-refractivity contribution in [3.05, 3.63) is 6.42 Å². The summed E-state index contributed by atoms with van der Waals surface area (Å²) < 4.78 is 0. The molecule has 47 valence electrons. The van der Waals surface area contributed by atoms with E-state index in [1.807, 2.05) is 0 Å². The van der Waals surface area contributed by atoms with Gasteiger partial charge in [-0.05, 0) is 18.6 Å². The van der Waals surface area contributed by atoms with E-state index in [2.05, 4.69) is 0 Å². The van der Waals surface area contributed by atoms with Crippen LogP contribution in [0.1, 0.15) is 12.8 Å². The van der Waals surface area contributed by atoms with E-state index < -0.39 is 5.12 Å². The fourth-order valence-corrected chi connectivity index (χ4v) is 1.50. The first-order valence-electron chi connectivity index (χ1n) is 2.64. The van der Waals surface area contributed by atoms with Crippen molar-refractivity contribution in [2.75, 3.05) is 5.75 Å². The molecule has 3 heteroatoms. The highest BCUT2D eigenvalue weighted by Gasteiger charge is 2.26. The summed E-state index contributed by atoms with van der Waals surface area (Å²) in [6.45, 7) is 0. The zero-order valence-electron chi connectivity index (χ0n) is 4.50. The van der Waals surface area contributed by atoms with Crippen LogP contribution >= 0.6 is 11.8 Å². The molecule has 0 unspecified atom stereocenters. The summed E-state index contributed by atoms with van der Waals surface area (Å²) in [5.41, 5.74) is 0. The van der Waals surface area contributed by atoms with Crippen LogP contribution in [0, 0.1) is 6.42 Å². The van der Waals surface area contributed by atoms with E-state index in [0.29, 0.717) is 0 Å². The normalized spacial score (nSPS) is 27.8. The van der Waals surface area contributed by atoms with Gasteiger partial charge < -0.3 is 10.2 Å². The second kappa shape index (κ2) is 2.25. The highest BCUT2D eigenvalue weighted by molar-refractivity contribution is 8.00. The van der Waals surface area contributed by atoms with Crippen molar-refractivity contribution in [1.82, 2.24) is 0 Å². The standard InChI is InChI=1S/C5H9O2S/c6-5(7)3-1-2-4-8-5/h3,6-7H,1-2,4H2. The van der Waals surface area contributed by atoms with E-state index >= 15 is 0 Å². The van der Waals surface area contributed by atoms with Crippen LogP contribution in [-0.4, -0.2) is 21.1 Å². The largest absolute Gasteiger partial charge is 0.357 e. The Labute approximate surface area is 52.9 Å². The van der Waals surface area contributed by atoms with Crippen molar-refractivity contribution in [2.45, 2.75) is 18.0 Å². The molecule has 2 nitrogen and oxygen atoms in total. The van der Waals surface area contributed by atoms with Gasteiger partial charge in [0.15, 0.2) is 0 Å². The van der Waals surface area contributed by atoms with Crippen LogP contribution in [0.2, 0.25) is 0 Å². The van der Waals surface area contributed by atoms with E-state index in [1.165, 1.54) is 18.2 Å². The third kappa shape index (κ3) is 1.65. The van der Waals surface area contributed by atoms with Gasteiger partial charge in [-0.3, -0.25) is 0 Å². The third-order valence-electron chi connectivity index (χ3n) is 1.07. The lowest BCUT2D eigenvalue weighted by Crippen LogP contribution is -2.27. The molecule has 0 saturated carbocycles. The second-order valence-electron chi connectivity index (χ2n) is 1.85. The molecule has 1 aliphatic rings. The van der Waals surface area contributed by atoms with Gasteiger partial charge in [0.05, 0.1) is 0 Å². The lowest BCUT2D eigenvalue weighted by molar-refractivity contribution is -0.0512. The molecule has 0 bridgehead atoms. The Balaban J connectivity index is 2.33. The maximum Gasteiger partial charge on any atom is 0.216 e. The third-order valence-corrected chi connectivity index (χ3v) is 2.16. The van der Waals surface area contributed by atoms with Crippen molar-refractivity contribution < 1.29 is 10.2 Å². The van der Waals surface area contributed by atoms with Gasteiger partial charge in [-0.15, -0.1) is 0 Å². The minimum atomic E-state index is -1.53. The average Bonchev–Trinajstić information content (AvgIpc) is 1.65. The molecule has 0 aromatic heterocycles. The molecule has 0 aromatic rings. The smallest absolute Gasteiger partial charge is 0.216 e. The Morgan fingerprint density at radius 2 is 2.25 bits per heavy atom. The highest BCUT2D eigenvalue weighted by atomic mass is 32.2. The van der Waals surface area contributed by atoms with Crippen molar-refractivity contribution in [1.29, 1.82) is 0 Å². The molecule has 1 saturated heterocycles. The fraction of sp³-hybridized carbons (Fsp3) is 0.800. The van der Waals surface area contributed by atoms with E-state index in [-0.39, 0.29) is 0 Å². The molecular weight excluding hydrogens is 124 g/mol. The summed E-state index contributed by atoms with van der Waals surface area (Å²) in [6, 6.07) is 0. The van der Waals surface area contributed by atoms with Crippen molar-refractivity contribution in [2.24, 2.45) is 0 Å². The number of hydrogen-bond donors (Lipinski definition) is 2. The van der Waals surface area contributed by atoms with Crippen LogP contribution in [0.4, 0.5) is 0 Å². The number of hydrogen-bond acceptors (Lipinski definition) is 3. The fourth-order valence-electron chi connectivity index (χ4n) is 0.655. The summed E-state index contributed by atoms with van der Waals surface area (Å²) in [5, 5.41) is 16.1. The van der Waals surface area contributed by atoms with Crippen LogP contribution in [0.3, 0.4) is 0 Å². The first-order chi connectivity index (χ1) is 3.71. The van der Waals surface area contributed by atoms with E-state index in [9.17, 15) is 0 Å². The quantitative estimate of drug-likeness (QED) is 0.469. The van der Waals surface area contributed by atoms with Crippen molar-refractivity contribution in [3.8, 4) is 0 Å². The van der Waals surface area contributed by atoms with E-state index in [0.717, 1.165) is 18.6 Å². The van der Waals surface area contributed by atoms with E-state index in [1.54, 1.807) is 0 Å². The highest BCUT2D eigenvalue weighted by Crippen LogP contribution is 2.29. The summed E-state index contributed by atoms with van der Waals surface area (Å²) in [7, 11) is 0. The molecule has 8 heavy (non-hydrogen) atoms. The zero-order chi connectivity index (χ0) is 6.04. The molecule has 1 fully saturated rings. The first-order valence-corrected chi connectivity index (χ1v) is 3.62. The maximum absolute atomic E-state index is 8.84. The van der Waals surface area contributed by atoms with Crippen LogP contribution in [-0.2, 0) is 0 Å². The first kappa shape index (κ1) is 6.39. The van der Waals surface area contributed by atoms with Crippen LogP contribution < -0.4 is 0 Å². The topological polar surface area (TPSA) is 40.5 Å². The van der Waals surface area contributed by atoms with Crippen molar-refractivity contribution >= 4 is 11.8 Å². The molecule has 1 heterocycles. The number of rotatable bonds is 0. The van der Waals surface area contributed by atoms with Gasteiger partial charge >= 0.3 is 0 Å². The predicted octanol–water partition coefficient (Wildman–Crippen LogP) is 0.356. The van der Waals surface area contributed by atoms with Gasteiger partial charge in [-0.25, -0.2) is 0 Å². The second-order valence-corrected chi connectivity index (χ2v) is 3.15. The number of thioether (sulfide) groups is 1. The van der Waals surface area contributed by atoms with Crippen LogP contribution in [0.15, 0.2) is 0 Å². The molecular formula is C5H9O2S. The van der Waals surface area contributed by atoms with Crippen LogP contribution in [0.25, 0.3) is 0 Å². The predicted molar refractivity (Wildman–Crippen MR) is 33.2 cm³/mol. The Kier molecular flexibility index (Phi) is 1.80. The Bertz CT molecular complexity index is 74.5. The van der Waals surface area contributed by atoms with Gasteiger partial charge in [0.25, 0.3) is 0 Å². The van der Waals surface area contributed by atoms with Gasteiger partial charge in [0, 0.05) is 6.42 Å². The Morgan fingerprint density at radius 1 is 1.50 bits per heavy atom. The minimum Gasteiger partial charge on any atom is -0.357 e. The molecule has 1 aliphatic heterocycles. The molecule has 0 atom stereocenters. The minimum absolute atomic E-state index is 0.819. The monoisotopic (exact) mass is 133 g/mol. The van der Waals surface area contributed by atoms with Gasteiger partial charge in [0.1, 0.15) is 0 Å². The summed E-state index contributed by atoms with van der Waals surface area (Å²) in [6.07, 6.45) is 3.41. The van der Waals surface area contributed by atoms with Gasteiger partial charge in [0.2, 0.25) is 5.12 Å². The molecule has 2 N–H and O–H groups in total. The molecule has 1 rings (SSSR count). The molecule has 0 aromatic carbocycles. The Morgan fingerprint density at radius 3 is 2.50 bits per heavy atom. The SMILES string of the molecule is OC1(O)[CH]CCCS1.